The molecule has 0 atom stereocenters. The monoisotopic (exact) mass is 713 g/mol. The lowest BCUT2D eigenvalue weighted by atomic mass is 10.1. The van der Waals surface area contributed by atoms with Crippen LogP contribution in [0.15, 0.2) is 103 Å². The van der Waals surface area contributed by atoms with Crippen LogP contribution in [0, 0.1) is 0 Å². The van der Waals surface area contributed by atoms with Crippen molar-refractivity contribution >= 4 is 74.9 Å². The van der Waals surface area contributed by atoms with Crippen LogP contribution in [0.3, 0.4) is 0 Å². The molecule has 2 aromatic heterocycles. The van der Waals surface area contributed by atoms with Crippen molar-refractivity contribution in [3.63, 3.8) is 0 Å². The number of rotatable bonds is 6. The molecule has 0 spiro atoms. The van der Waals surface area contributed by atoms with Crippen LogP contribution >= 0.6 is 46.8 Å². The molecule has 1 amide bonds. The van der Waals surface area contributed by atoms with Crippen molar-refractivity contribution in [3.05, 3.63) is 119 Å². The highest BCUT2D eigenvalue weighted by Crippen LogP contribution is 2.35. The van der Waals surface area contributed by atoms with Gasteiger partial charge in [-0.15, -0.1) is 0 Å². The number of amides is 1. The fraction of sp³-hybridized carbons (Fsp3) is 0.250. The number of allylic oxidation sites excluding steroid dienone is 3. The predicted molar refractivity (Wildman–Crippen MR) is 205 cm³/mol. The van der Waals surface area contributed by atoms with Crippen LogP contribution in [-0.4, -0.2) is 49.1 Å². The molecule has 7 nitrogen and oxygen atoms in total. The maximum Gasteiger partial charge on any atom is 0.259 e. The number of nitrogens with zero attached hydrogens (tertiary/aromatic N) is 4. The van der Waals surface area contributed by atoms with Gasteiger partial charge in [-0.2, -0.15) is 0 Å². The molecule has 250 valence electrons. The number of carbonyl (C=O) groups is 1. The summed E-state index contributed by atoms with van der Waals surface area (Å²) in [7, 11) is 3.52. The maximum atomic E-state index is 13.3. The van der Waals surface area contributed by atoms with Gasteiger partial charge in [-0.05, 0) is 86.5 Å². The molecule has 0 saturated carbocycles. The Labute approximate surface area is 298 Å². The standard InChI is InChI=1S/C25H20Cl2N4O2S.C5H9N.C4H7Cl.C2H6/c1-30(25(32)18-6-4-17(14-22(18)27)31-15-33-11-12-34-31)16-5-7-21(26)20(13-16)24-19-3-2-9-28-23(19)8-10-29-24;1-4-5(2)6-3;1-3-4(2)5;1-2/h2-10,13-14H,11-12,15H2,1H3;4,6H,1-2H2,3H3;3H,1-2H3;1-2H3/b;;4-3+;. The summed E-state index contributed by atoms with van der Waals surface area (Å²) < 4.78 is 7.52. The number of halogens is 3. The fourth-order valence-corrected chi connectivity index (χ4v) is 5.18. The van der Waals surface area contributed by atoms with Crippen molar-refractivity contribution in [2.75, 3.05) is 42.4 Å². The summed E-state index contributed by atoms with van der Waals surface area (Å²) in [5, 5.41) is 5.46. The Morgan fingerprint density at radius 3 is 2.38 bits per heavy atom. The van der Waals surface area contributed by atoms with Crippen molar-refractivity contribution in [1.82, 2.24) is 15.3 Å². The van der Waals surface area contributed by atoms with E-state index in [0.29, 0.717) is 33.7 Å². The zero-order valence-electron chi connectivity index (χ0n) is 27.7. The SMILES string of the molecule is C/C=C(\C)Cl.C=CC(=C)NC.CC.CN(C(=O)c1ccc(N2COCCS2)cc1Cl)c1ccc(Cl)c(-c2nccc3ncccc23)c1. The Kier molecular flexibility index (Phi) is 17.4. The molecule has 3 heterocycles. The van der Waals surface area contributed by atoms with Crippen LogP contribution in [0.4, 0.5) is 11.4 Å². The minimum atomic E-state index is -0.222. The second-order valence-corrected chi connectivity index (χ2v) is 12.0. The minimum Gasteiger partial charge on any atom is -0.389 e. The molecule has 47 heavy (non-hydrogen) atoms. The quantitative estimate of drug-likeness (QED) is 0.157. The van der Waals surface area contributed by atoms with Gasteiger partial charge in [0.1, 0.15) is 6.73 Å². The summed E-state index contributed by atoms with van der Waals surface area (Å²) in [4.78, 5) is 23.8. The van der Waals surface area contributed by atoms with Crippen LogP contribution in [-0.2, 0) is 4.74 Å². The van der Waals surface area contributed by atoms with Crippen LogP contribution in [0.5, 0.6) is 0 Å². The molecule has 1 aliphatic heterocycles. The van der Waals surface area contributed by atoms with E-state index in [1.807, 2.05) is 75.5 Å². The molecule has 4 aromatic rings. The Morgan fingerprint density at radius 2 is 1.81 bits per heavy atom. The number of aromatic nitrogens is 2. The van der Waals surface area contributed by atoms with E-state index in [-0.39, 0.29) is 5.91 Å². The lowest BCUT2D eigenvalue weighted by Crippen LogP contribution is -2.27. The second kappa shape index (κ2) is 20.7. The van der Waals surface area contributed by atoms with Crippen LogP contribution in [0.25, 0.3) is 22.2 Å². The van der Waals surface area contributed by atoms with E-state index in [1.165, 1.54) is 0 Å². The second-order valence-electron chi connectivity index (χ2n) is 9.53. The first kappa shape index (κ1) is 39.6. The van der Waals surface area contributed by atoms with E-state index in [0.717, 1.165) is 45.2 Å². The minimum absolute atomic E-state index is 0.222. The lowest BCUT2D eigenvalue weighted by molar-refractivity contribution is 0.0993. The van der Waals surface area contributed by atoms with Crippen molar-refractivity contribution in [1.29, 1.82) is 0 Å². The first-order valence-electron chi connectivity index (χ1n) is 14.9. The average molecular weight is 715 g/mol. The molecular formula is C36H42Cl3N5O2S. The van der Waals surface area contributed by atoms with Gasteiger partial charge in [-0.3, -0.25) is 19.1 Å². The third-order valence-corrected chi connectivity index (χ3v) is 8.38. The third-order valence-electron chi connectivity index (χ3n) is 6.55. The van der Waals surface area contributed by atoms with Crippen LogP contribution in [0.2, 0.25) is 10.0 Å². The van der Waals surface area contributed by atoms with Gasteiger partial charge in [0.25, 0.3) is 5.91 Å². The fourth-order valence-electron chi connectivity index (χ4n) is 3.89. The van der Waals surface area contributed by atoms with Gasteiger partial charge in [0.2, 0.25) is 0 Å². The van der Waals surface area contributed by atoms with E-state index < -0.39 is 0 Å². The Hall–Kier alpha value is -3.53. The maximum absolute atomic E-state index is 13.3. The van der Waals surface area contributed by atoms with Gasteiger partial charge in [-0.25, -0.2) is 0 Å². The van der Waals surface area contributed by atoms with Crippen LogP contribution in [0.1, 0.15) is 38.1 Å². The number of carbonyl (C=O) groups excluding carboxylic acids is 1. The molecule has 1 fully saturated rings. The van der Waals surface area contributed by atoms with Crippen molar-refractivity contribution in [2.45, 2.75) is 27.7 Å². The molecule has 1 aliphatic rings. The van der Waals surface area contributed by atoms with Crippen molar-refractivity contribution in [2.24, 2.45) is 0 Å². The molecule has 1 N–H and O–H groups in total. The molecule has 0 aliphatic carbocycles. The van der Waals surface area contributed by atoms with E-state index in [9.17, 15) is 4.79 Å². The molecular weight excluding hydrogens is 673 g/mol. The van der Waals surface area contributed by atoms with Crippen LogP contribution < -0.4 is 14.5 Å². The van der Waals surface area contributed by atoms with Gasteiger partial charge in [0.15, 0.2) is 0 Å². The summed E-state index contributed by atoms with van der Waals surface area (Å²) in [6, 6.07) is 16.5. The van der Waals surface area contributed by atoms with E-state index in [2.05, 4.69) is 28.4 Å². The highest BCUT2D eigenvalue weighted by atomic mass is 35.5. The highest BCUT2D eigenvalue weighted by molar-refractivity contribution is 8.00. The van der Waals surface area contributed by atoms with Gasteiger partial charge >= 0.3 is 0 Å². The normalized spacial score (nSPS) is 12.3. The number of fused-ring (bicyclic) bond motifs is 1. The van der Waals surface area contributed by atoms with Gasteiger partial charge in [-0.1, -0.05) is 67.9 Å². The highest BCUT2D eigenvalue weighted by Gasteiger charge is 2.21. The number of ether oxygens (including phenoxy) is 1. The number of benzene rings is 2. The number of hydrogen-bond acceptors (Lipinski definition) is 7. The molecule has 1 saturated heterocycles. The largest absolute Gasteiger partial charge is 0.389 e. The molecule has 5 rings (SSSR count). The van der Waals surface area contributed by atoms with Gasteiger partial charge < -0.3 is 15.0 Å². The molecule has 0 bridgehead atoms. The number of hydrogen-bond donors (Lipinski definition) is 1. The smallest absolute Gasteiger partial charge is 0.259 e. The average Bonchev–Trinajstić information content (AvgIpc) is 3.12. The summed E-state index contributed by atoms with van der Waals surface area (Å²) in [5.74, 6) is 0.654. The van der Waals surface area contributed by atoms with E-state index >= 15 is 0 Å². The third kappa shape index (κ3) is 11.6. The zero-order chi connectivity index (χ0) is 34.9. The Bertz CT molecular complexity index is 1670. The Balaban J connectivity index is 0.000000506. The molecule has 11 heteroatoms. The number of pyridine rings is 2. The van der Waals surface area contributed by atoms with Crippen molar-refractivity contribution < 1.29 is 9.53 Å². The lowest BCUT2D eigenvalue weighted by Gasteiger charge is -2.27. The zero-order valence-corrected chi connectivity index (χ0v) is 30.8. The topological polar surface area (TPSA) is 70.6 Å². The number of nitrogens with one attached hydrogen (secondary N) is 1. The molecule has 2 aromatic carbocycles. The molecule has 0 unspecified atom stereocenters. The summed E-state index contributed by atoms with van der Waals surface area (Å²) in [6.07, 6.45) is 6.96. The van der Waals surface area contributed by atoms with E-state index in [4.69, 9.17) is 39.5 Å². The molecule has 0 radical (unpaired) electrons. The summed E-state index contributed by atoms with van der Waals surface area (Å²) in [5.41, 5.74) is 5.10. The summed E-state index contributed by atoms with van der Waals surface area (Å²) in [6.45, 7) is 16.0. The first-order valence-corrected chi connectivity index (χ1v) is 17.0. The Morgan fingerprint density at radius 1 is 1.09 bits per heavy atom. The predicted octanol–water partition coefficient (Wildman–Crippen LogP) is 10.4. The van der Waals surface area contributed by atoms with Gasteiger partial charge in [0, 0.05) is 59.6 Å². The van der Waals surface area contributed by atoms with E-state index in [1.54, 1.807) is 66.6 Å². The number of anilines is 2. The van der Waals surface area contributed by atoms with Crippen molar-refractivity contribution in [3.8, 4) is 11.3 Å². The summed E-state index contributed by atoms with van der Waals surface area (Å²) >= 11 is 20.1. The number of likely N-dealkylation sites (N-methyl/N-ethyl adjacent to an activating group) is 1. The van der Waals surface area contributed by atoms with Gasteiger partial charge in [0.05, 0.1) is 39.1 Å². The first-order chi connectivity index (χ1) is 22.6.